The fourth-order valence-electron chi connectivity index (χ4n) is 0. The van der Waals surface area contributed by atoms with Crippen molar-refractivity contribution in [2.45, 2.75) is 0 Å². The van der Waals surface area contributed by atoms with Crippen LogP contribution in [0.15, 0.2) is 0 Å². The summed E-state index contributed by atoms with van der Waals surface area (Å²) in [6.45, 7) is 0. The molecule has 0 spiro atoms. The molecule has 0 amide bonds. The molecule has 21 valence electrons. The fraction of sp³-hybridized carbons (Fsp3) is 0. The Morgan fingerprint density at radius 3 is 1.20 bits per heavy atom. The van der Waals surface area contributed by atoms with Gasteiger partial charge in [0.15, 0.2) is 0 Å². The average molecular weight is 509 g/mol. The molecule has 0 unspecified atom stereocenters. The van der Waals surface area contributed by atoms with Gasteiger partial charge in [0, 0.05) is 103 Å². The van der Waals surface area contributed by atoms with Crippen LogP contribution in [0.25, 0.3) is 0 Å². The van der Waals surface area contributed by atoms with Gasteiger partial charge in [0.05, 0.1) is 0 Å². The SMILES string of the molecule is [La].[Nd].[O]=[Sn].[Zr]. The zero-order valence-electron chi connectivity index (χ0n) is 2.49. The van der Waals surface area contributed by atoms with E-state index in [-0.39, 0.29) is 103 Å². The second-order valence-corrected chi connectivity index (χ2v) is 0. The molecule has 0 heterocycles. The Hall–Kier alpha value is 4.03. The summed E-state index contributed by atoms with van der Waals surface area (Å²) >= 11 is 0.300. The van der Waals surface area contributed by atoms with Crippen molar-refractivity contribution in [3.8, 4) is 0 Å². The maximum absolute atomic E-state index is 8.34. The van der Waals surface area contributed by atoms with Gasteiger partial charge in [-0.05, 0) is 0 Å². The molecule has 0 aliphatic rings. The van der Waals surface area contributed by atoms with Crippen LogP contribution in [0.3, 0.4) is 0 Å². The van der Waals surface area contributed by atoms with E-state index in [9.17, 15) is 0 Å². The maximum Gasteiger partial charge on any atom is 0 e. The maximum atomic E-state index is 8.34. The van der Waals surface area contributed by atoms with E-state index in [0.29, 0.717) is 22.5 Å². The summed E-state index contributed by atoms with van der Waals surface area (Å²) in [4.78, 5) is 0. The van der Waals surface area contributed by atoms with Crippen LogP contribution in [0.5, 0.6) is 0 Å². The first-order valence-corrected chi connectivity index (χ1v) is 1.37. The van der Waals surface area contributed by atoms with Gasteiger partial charge in [0.1, 0.15) is 0 Å². The molecule has 0 atom stereocenters. The largest absolute Gasteiger partial charge is 0 e. The molecule has 0 aromatic carbocycles. The summed E-state index contributed by atoms with van der Waals surface area (Å²) in [7, 11) is 0. The van der Waals surface area contributed by atoms with Crippen LogP contribution in [0.2, 0.25) is 0 Å². The summed E-state index contributed by atoms with van der Waals surface area (Å²) in [5, 5.41) is 0. The van der Waals surface area contributed by atoms with Crippen molar-refractivity contribution in [2.24, 2.45) is 0 Å². The van der Waals surface area contributed by atoms with E-state index in [1.807, 2.05) is 0 Å². The molecule has 0 saturated carbocycles. The molecule has 0 N–H and O–H groups in total. The monoisotopic (exact) mass is 507 g/mol. The standard InChI is InChI=1S/La.Nd.O.Sn.Zr. The molecule has 0 aromatic heterocycles. The molecule has 5 heteroatoms. The minimum absolute atomic E-state index is 0. The van der Waals surface area contributed by atoms with Crippen LogP contribution in [0.4, 0.5) is 0 Å². The van der Waals surface area contributed by atoms with Crippen LogP contribution < -0.4 is 0 Å². The number of rotatable bonds is 0. The van der Waals surface area contributed by atoms with E-state index in [1.165, 1.54) is 0 Å². The first-order valence-electron chi connectivity index (χ1n) is 0.204. The van der Waals surface area contributed by atoms with Crippen molar-refractivity contribution < 1.29 is 106 Å². The van der Waals surface area contributed by atoms with Gasteiger partial charge in [-0.15, -0.1) is 0 Å². The third-order valence-electron chi connectivity index (χ3n) is 0. The Morgan fingerprint density at radius 1 is 1.20 bits per heavy atom. The van der Waals surface area contributed by atoms with Crippen LogP contribution in [0, 0.1) is 76.4 Å². The van der Waals surface area contributed by atoms with Gasteiger partial charge in [-0.3, -0.25) is 0 Å². The van der Waals surface area contributed by atoms with Gasteiger partial charge in [-0.1, -0.05) is 0 Å². The summed E-state index contributed by atoms with van der Waals surface area (Å²) < 4.78 is 8.34. The minimum atomic E-state index is 0. The molecule has 0 rings (SSSR count). The van der Waals surface area contributed by atoms with Crippen molar-refractivity contribution >= 4 is 22.5 Å². The summed E-state index contributed by atoms with van der Waals surface area (Å²) in [6, 6.07) is 0. The van der Waals surface area contributed by atoms with Crippen molar-refractivity contribution in [1.29, 1.82) is 0 Å². The van der Waals surface area contributed by atoms with E-state index >= 15 is 0 Å². The third kappa shape index (κ3) is 18.0. The Bertz CT molecular complexity index is 11.6. The van der Waals surface area contributed by atoms with Crippen molar-refractivity contribution in [2.75, 3.05) is 0 Å². The van der Waals surface area contributed by atoms with E-state index in [4.69, 9.17) is 3.08 Å². The molecule has 0 aliphatic heterocycles. The van der Waals surface area contributed by atoms with E-state index < -0.39 is 0 Å². The van der Waals surface area contributed by atoms with Gasteiger partial charge in [-0.2, -0.15) is 0 Å². The third-order valence-corrected chi connectivity index (χ3v) is 0. The van der Waals surface area contributed by atoms with Crippen LogP contribution >= 0.6 is 0 Å². The van der Waals surface area contributed by atoms with Crippen molar-refractivity contribution in [3.63, 3.8) is 0 Å². The zero-order chi connectivity index (χ0) is 2.00. The molecule has 5 heavy (non-hydrogen) atoms. The summed E-state index contributed by atoms with van der Waals surface area (Å²) in [5.41, 5.74) is 0. The molecule has 0 fully saturated rings. The average Bonchev–Trinajstić information content (AvgIpc) is 1.00. The molecular formula is LaNdOSnZr. The molecule has 0 saturated heterocycles. The van der Waals surface area contributed by atoms with E-state index in [1.54, 1.807) is 0 Å². The molecule has 3 radical (unpaired) electrons. The number of hydrogen-bond acceptors (Lipinski definition) is 1. The van der Waals surface area contributed by atoms with Crippen LogP contribution in [-0.4, -0.2) is 22.5 Å². The molecular weight excluding hydrogens is 509 g/mol. The molecule has 0 bridgehead atoms. The minimum Gasteiger partial charge on any atom is 0 e. The van der Waals surface area contributed by atoms with Crippen LogP contribution in [-0.2, 0) is 29.3 Å². The smallest absolute Gasteiger partial charge is 0 e. The van der Waals surface area contributed by atoms with Crippen molar-refractivity contribution in [1.82, 2.24) is 0 Å². The van der Waals surface area contributed by atoms with Gasteiger partial charge >= 0.3 is 25.6 Å². The zero-order valence-corrected chi connectivity index (χ0v) is 14.6. The summed E-state index contributed by atoms with van der Waals surface area (Å²) in [5.74, 6) is 0. The van der Waals surface area contributed by atoms with E-state index in [0.717, 1.165) is 0 Å². The second-order valence-electron chi connectivity index (χ2n) is 0. The first-order chi connectivity index (χ1) is 1.00. The fourth-order valence-corrected chi connectivity index (χ4v) is 0. The normalized spacial score (nSPS) is 0.800. The Kier molecular flexibility index (Phi) is 113. The first kappa shape index (κ1) is 23.0. The molecule has 0 aromatic rings. The molecule has 0 aliphatic carbocycles. The van der Waals surface area contributed by atoms with Gasteiger partial charge in [0.2, 0.25) is 0 Å². The Morgan fingerprint density at radius 2 is 1.20 bits per heavy atom. The quantitative estimate of drug-likeness (QED) is 0.403. The predicted octanol–water partition coefficient (Wildman–Crippen LogP) is -0.502. The van der Waals surface area contributed by atoms with Gasteiger partial charge in [-0.25, -0.2) is 0 Å². The van der Waals surface area contributed by atoms with Gasteiger partial charge in [0.25, 0.3) is 0 Å². The van der Waals surface area contributed by atoms with Gasteiger partial charge < -0.3 is 0 Å². The molecule has 1 nitrogen and oxygen atoms in total. The van der Waals surface area contributed by atoms with E-state index in [2.05, 4.69) is 0 Å². The number of hydrogen-bond donors (Lipinski definition) is 0. The van der Waals surface area contributed by atoms with Crippen molar-refractivity contribution in [3.05, 3.63) is 0 Å². The second kappa shape index (κ2) is 24.4. The predicted molar refractivity (Wildman–Crippen MR) is 6.44 cm³/mol. The topological polar surface area (TPSA) is 17.1 Å². The van der Waals surface area contributed by atoms with Crippen LogP contribution in [0.1, 0.15) is 0 Å². The summed E-state index contributed by atoms with van der Waals surface area (Å²) in [6.07, 6.45) is 0. The Labute approximate surface area is 125 Å². The Balaban J connectivity index is -0.00000000167.